The van der Waals surface area contributed by atoms with Gasteiger partial charge >= 0.3 is 0 Å². The third-order valence-corrected chi connectivity index (χ3v) is 1.97. The monoisotopic (exact) mass is 241 g/mol. The van der Waals surface area contributed by atoms with Gasteiger partial charge in [-0.15, -0.1) is 0 Å². The number of halogens is 1. The molecule has 0 aromatic heterocycles. The van der Waals surface area contributed by atoms with Crippen LogP contribution in [0.3, 0.4) is 0 Å². The molecule has 0 spiro atoms. The molecule has 1 aromatic carbocycles. The Morgan fingerprint density at radius 3 is 2.69 bits per heavy atom. The highest BCUT2D eigenvalue weighted by Gasteiger charge is 1.87. The van der Waals surface area contributed by atoms with E-state index in [0.29, 0.717) is 6.61 Å². The van der Waals surface area contributed by atoms with Gasteiger partial charge in [0.25, 0.3) is 0 Å². The summed E-state index contributed by atoms with van der Waals surface area (Å²) in [5, 5.41) is 3.82. The first-order valence-corrected chi connectivity index (χ1v) is 5.03. The molecule has 0 radical (unpaired) electrons. The zero-order valence-corrected chi connectivity index (χ0v) is 9.12. The molecule has 3 heteroatoms. The van der Waals surface area contributed by atoms with E-state index in [2.05, 4.69) is 28.0 Å². The summed E-state index contributed by atoms with van der Waals surface area (Å²) in [7, 11) is 0. The fraction of sp³-hybridized carbons (Fsp3) is 0.300. The Morgan fingerprint density at radius 1 is 1.38 bits per heavy atom. The van der Waals surface area contributed by atoms with Crippen LogP contribution in [0.15, 0.2) is 33.9 Å². The van der Waals surface area contributed by atoms with Gasteiger partial charge in [0.05, 0.1) is 6.21 Å². The average molecular weight is 242 g/mol. The van der Waals surface area contributed by atoms with Gasteiger partial charge in [-0.25, -0.2) is 0 Å². The SMILES string of the molecule is CCCON=Cc1ccc(Br)cc1. The lowest BCUT2D eigenvalue weighted by atomic mass is 10.2. The summed E-state index contributed by atoms with van der Waals surface area (Å²) in [5.41, 5.74) is 1.04. The Labute approximate surface area is 86.7 Å². The van der Waals surface area contributed by atoms with E-state index in [0.717, 1.165) is 16.5 Å². The highest BCUT2D eigenvalue weighted by molar-refractivity contribution is 9.10. The van der Waals surface area contributed by atoms with Crippen LogP contribution in [0.5, 0.6) is 0 Å². The molecule has 70 valence electrons. The number of nitrogens with zero attached hydrogens (tertiary/aromatic N) is 1. The van der Waals surface area contributed by atoms with Crippen LogP contribution in [0.2, 0.25) is 0 Å². The smallest absolute Gasteiger partial charge is 0.116 e. The lowest BCUT2D eigenvalue weighted by Gasteiger charge is -1.94. The molecular weight excluding hydrogens is 230 g/mol. The van der Waals surface area contributed by atoms with Crippen molar-refractivity contribution < 1.29 is 4.84 Å². The van der Waals surface area contributed by atoms with E-state index in [1.165, 1.54) is 0 Å². The van der Waals surface area contributed by atoms with Crippen molar-refractivity contribution in [2.24, 2.45) is 5.16 Å². The van der Waals surface area contributed by atoms with Crippen molar-refractivity contribution >= 4 is 22.1 Å². The quantitative estimate of drug-likeness (QED) is 0.451. The van der Waals surface area contributed by atoms with E-state index in [-0.39, 0.29) is 0 Å². The van der Waals surface area contributed by atoms with E-state index in [9.17, 15) is 0 Å². The zero-order chi connectivity index (χ0) is 9.52. The van der Waals surface area contributed by atoms with Crippen molar-refractivity contribution in [1.82, 2.24) is 0 Å². The van der Waals surface area contributed by atoms with Crippen LogP contribution >= 0.6 is 15.9 Å². The van der Waals surface area contributed by atoms with Crippen molar-refractivity contribution in [1.29, 1.82) is 0 Å². The Morgan fingerprint density at radius 2 is 2.08 bits per heavy atom. The van der Waals surface area contributed by atoms with Crippen molar-refractivity contribution in [3.63, 3.8) is 0 Å². The van der Waals surface area contributed by atoms with Gasteiger partial charge in [0.1, 0.15) is 6.61 Å². The molecule has 0 bridgehead atoms. The fourth-order valence-electron chi connectivity index (χ4n) is 0.791. The Hall–Kier alpha value is -0.830. The summed E-state index contributed by atoms with van der Waals surface area (Å²) in [6.07, 6.45) is 2.69. The molecule has 0 fully saturated rings. The van der Waals surface area contributed by atoms with Crippen LogP contribution in [0, 0.1) is 0 Å². The summed E-state index contributed by atoms with van der Waals surface area (Å²) in [4.78, 5) is 4.97. The summed E-state index contributed by atoms with van der Waals surface area (Å²) >= 11 is 3.36. The number of rotatable bonds is 4. The van der Waals surface area contributed by atoms with Crippen LogP contribution < -0.4 is 0 Å². The molecule has 0 aliphatic carbocycles. The number of oxime groups is 1. The minimum atomic E-state index is 0.674. The van der Waals surface area contributed by atoms with Gasteiger partial charge in [0.15, 0.2) is 0 Å². The van der Waals surface area contributed by atoms with Gasteiger partial charge in [-0.1, -0.05) is 40.1 Å². The van der Waals surface area contributed by atoms with Crippen molar-refractivity contribution in [2.45, 2.75) is 13.3 Å². The molecule has 13 heavy (non-hydrogen) atoms. The molecule has 0 unspecified atom stereocenters. The molecule has 0 atom stereocenters. The van der Waals surface area contributed by atoms with Crippen LogP contribution in [-0.2, 0) is 4.84 Å². The molecule has 1 aromatic rings. The third-order valence-electron chi connectivity index (χ3n) is 1.44. The molecule has 0 amide bonds. The van der Waals surface area contributed by atoms with E-state index in [1.54, 1.807) is 6.21 Å². The van der Waals surface area contributed by atoms with Crippen molar-refractivity contribution in [3.8, 4) is 0 Å². The molecule has 0 aliphatic heterocycles. The molecule has 0 aliphatic rings. The van der Waals surface area contributed by atoms with Gasteiger partial charge < -0.3 is 4.84 Å². The molecular formula is C10H12BrNO. The van der Waals surface area contributed by atoms with Gasteiger partial charge in [0, 0.05) is 4.47 Å². The van der Waals surface area contributed by atoms with Crippen LogP contribution in [0.25, 0.3) is 0 Å². The minimum Gasteiger partial charge on any atom is -0.396 e. The maximum atomic E-state index is 4.97. The van der Waals surface area contributed by atoms with Crippen molar-refractivity contribution in [3.05, 3.63) is 34.3 Å². The molecule has 2 nitrogen and oxygen atoms in total. The number of benzene rings is 1. The van der Waals surface area contributed by atoms with Gasteiger partial charge in [-0.3, -0.25) is 0 Å². The maximum Gasteiger partial charge on any atom is 0.116 e. The average Bonchev–Trinajstić information content (AvgIpc) is 2.15. The van der Waals surface area contributed by atoms with Crippen LogP contribution in [-0.4, -0.2) is 12.8 Å². The Balaban J connectivity index is 2.44. The normalized spacial score (nSPS) is 10.6. The molecule has 1 rings (SSSR count). The second-order valence-electron chi connectivity index (χ2n) is 2.62. The minimum absolute atomic E-state index is 0.674. The van der Waals surface area contributed by atoms with Crippen molar-refractivity contribution in [2.75, 3.05) is 6.61 Å². The van der Waals surface area contributed by atoms with E-state index < -0.39 is 0 Å². The lowest BCUT2D eigenvalue weighted by Crippen LogP contribution is -1.86. The number of hydrogen-bond acceptors (Lipinski definition) is 2. The maximum absolute atomic E-state index is 4.97. The highest BCUT2D eigenvalue weighted by Crippen LogP contribution is 2.08. The van der Waals surface area contributed by atoms with Gasteiger partial charge in [-0.05, 0) is 24.1 Å². The first kappa shape index (κ1) is 10.3. The summed E-state index contributed by atoms with van der Waals surface area (Å²) in [6, 6.07) is 7.90. The molecule has 0 saturated heterocycles. The first-order chi connectivity index (χ1) is 6.33. The second-order valence-corrected chi connectivity index (χ2v) is 3.53. The zero-order valence-electron chi connectivity index (χ0n) is 7.53. The van der Waals surface area contributed by atoms with E-state index in [4.69, 9.17) is 4.84 Å². The van der Waals surface area contributed by atoms with Crippen LogP contribution in [0.4, 0.5) is 0 Å². The fourth-order valence-corrected chi connectivity index (χ4v) is 1.06. The summed E-state index contributed by atoms with van der Waals surface area (Å²) < 4.78 is 1.07. The Bertz CT molecular complexity index is 269. The standard InChI is InChI=1S/C10H12BrNO/c1-2-7-13-12-8-9-3-5-10(11)6-4-9/h3-6,8H,2,7H2,1H3. The summed E-state index contributed by atoms with van der Waals surface area (Å²) in [5.74, 6) is 0. The van der Waals surface area contributed by atoms with E-state index >= 15 is 0 Å². The summed E-state index contributed by atoms with van der Waals surface area (Å²) in [6.45, 7) is 2.72. The largest absolute Gasteiger partial charge is 0.396 e. The highest BCUT2D eigenvalue weighted by atomic mass is 79.9. The predicted molar refractivity (Wildman–Crippen MR) is 58.0 cm³/mol. The first-order valence-electron chi connectivity index (χ1n) is 4.24. The molecule has 0 N–H and O–H groups in total. The topological polar surface area (TPSA) is 21.6 Å². The van der Waals surface area contributed by atoms with Gasteiger partial charge in [0.2, 0.25) is 0 Å². The third kappa shape index (κ3) is 4.08. The van der Waals surface area contributed by atoms with E-state index in [1.807, 2.05) is 24.3 Å². The second kappa shape index (κ2) is 5.75. The Kier molecular flexibility index (Phi) is 4.54. The predicted octanol–water partition coefficient (Wildman–Crippen LogP) is 3.21. The van der Waals surface area contributed by atoms with Crippen LogP contribution in [0.1, 0.15) is 18.9 Å². The number of hydrogen-bond donors (Lipinski definition) is 0. The lowest BCUT2D eigenvalue weighted by molar-refractivity contribution is 0.146. The molecule has 0 saturated carbocycles. The molecule has 0 heterocycles. The van der Waals surface area contributed by atoms with Gasteiger partial charge in [-0.2, -0.15) is 0 Å².